The van der Waals surface area contributed by atoms with E-state index in [0.717, 1.165) is 19.3 Å². The Balaban J connectivity index is 2.40. The molecule has 0 amide bonds. The Labute approximate surface area is 118 Å². The largest absolute Gasteiger partial charge is 0.300 e. The Hall–Kier alpha value is -1.11. The van der Waals surface area contributed by atoms with Crippen molar-refractivity contribution in [1.82, 2.24) is 0 Å². The lowest BCUT2D eigenvalue weighted by molar-refractivity contribution is -0.119. The molecule has 1 aromatic rings. The fourth-order valence-corrected chi connectivity index (χ4v) is 2.15. The zero-order chi connectivity index (χ0) is 14.3. The van der Waals surface area contributed by atoms with Gasteiger partial charge in [-0.05, 0) is 29.4 Å². The van der Waals surface area contributed by atoms with Crippen LogP contribution in [0, 0.1) is 0 Å². The molecular weight excluding hydrogens is 232 g/mol. The van der Waals surface area contributed by atoms with Crippen molar-refractivity contribution < 1.29 is 4.79 Å². The normalized spacial score (nSPS) is 11.6. The number of hydrogen-bond donors (Lipinski definition) is 0. The minimum atomic E-state index is 0.203. The van der Waals surface area contributed by atoms with Crippen molar-refractivity contribution in [2.24, 2.45) is 0 Å². The summed E-state index contributed by atoms with van der Waals surface area (Å²) in [6.45, 7) is 8.83. The van der Waals surface area contributed by atoms with Crippen LogP contribution in [0.15, 0.2) is 24.3 Å². The van der Waals surface area contributed by atoms with E-state index in [9.17, 15) is 4.79 Å². The van der Waals surface area contributed by atoms with Gasteiger partial charge in [0.2, 0.25) is 0 Å². The quantitative estimate of drug-likeness (QED) is 0.626. The van der Waals surface area contributed by atoms with E-state index >= 15 is 0 Å². The SMILES string of the molecule is CCCCCC(=O)CCc1ccc(C(C)(C)C)cc1. The zero-order valence-corrected chi connectivity index (χ0v) is 13.0. The topological polar surface area (TPSA) is 17.1 Å². The van der Waals surface area contributed by atoms with Crippen LogP contribution >= 0.6 is 0 Å². The van der Waals surface area contributed by atoms with Crippen molar-refractivity contribution in [1.29, 1.82) is 0 Å². The van der Waals surface area contributed by atoms with E-state index in [2.05, 4.69) is 52.0 Å². The van der Waals surface area contributed by atoms with Gasteiger partial charge in [-0.25, -0.2) is 0 Å². The molecule has 0 atom stereocenters. The lowest BCUT2D eigenvalue weighted by Gasteiger charge is -2.19. The summed E-state index contributed by atoms with van der Waals surface area (Å²) < 4.78 is 0. The van der Waals surface area contributed by atoms with Crippen LogP contribution in [-0.2, 0) is 16.6 Å². The summed E-state index contributed by atoms with van der Waals surface area (Å²) in [7, 11) is 0. The smallest absolute Gasteiger partial charge is 0.133 e. The first-order chi connectivity index (χ1) is 8.93. The average Bonchev–Trinajstić information content (AvgIpc) is 2.36. The van der Waals surface area contributed by atoms with E-state index < -0.39 is 0 Å². The second kappa shape index (κ2) is 7.47. The van der Waals surface area contributed by atoms with Crippen LogP contribution in [0.4, 0.5) is 0 Å². The van der Waals surface area contributed by atoms with Gasteiger partial charge in [-0.3, -0.25) is 4.79 Å². The van der Waals surface area contributed by atoms with Crippen molar-refractivity contribution in [3.63, 3.8) is 0 Å². The van der Waals surface area contributed by atoms with Crippen molar-refractivity contribution in [3.05, 3.63) is 35.4 Å². The van der Waals surface area contributed by atoms with Crippen molar-refractivity contribution in [2.75, 3.05) is 0 Å². The molecule has 0 fully saturated rings. The van der Waals surface area contributed by atoms with Gasteiger partial charge in [0.25, 0.3) is 0 Å². The number of hydrogen-bond acceptors (Lipinski definition) is 1. The average molecular weight is 260 g/mol. The van der Waals surface area contributed by atoms with Crippen LogP contribution in [0.2, 0.25) is 0 Å². The van der Waals surface area contributed by atoms with Crippen molar-refractivity contribution in [3.8, 4) is 0 Å². The van der Waals surface area contributed by atoms with Crippen LogP contribution in [0.25, 0.3) is 0 Å². The molecule has 1 heteroatoms. The van der Waals surface area contributed by atoms with Crippen LogP contribution in [0.3, 0.4) is 0 Å². The first-order valence-electron chi connectivity index (χ1n) is 7.54. The third-order valence-electron chi connectivity index (χ3n) is 3.57. The summed E-state index contributed by atoms with van der Waals surface area (Å²) in [5, 5.41) is 0. The van der Waals surface area contributed by atoms with E-state index in [1.54, 1.807) is 0 Å². The van der Waals surface area contributed by atoms with Gasteiger partial charge in [-0.1, -0.05) is 64.8 Å². The molecule has 0 radical (unpaired) electrons. The van der Waals surface area contributed by atoms with E-state index in [1.165, 1.54) is 24.0 Å². The minimum Gasteiger partial charge on any atom is -0.300 e. The van der Waals surface area contributed by atoms with E-state index in [0.29, 0.717) is 12.2 Å². The van der Waals surface area contributed by atoms with E-state index in [-0.39, 0.29) is 5.41 Å². The van der Waals surface area contributed by atoms with Crippen molar-refractivity contribution >= 4 is 5.78 Å². The molecule has 1 nitrogen and oxygen atoms in total. The number of Topliss-reactive ketones (excluding diaryl/α,β-unsaturated/α-hetero) is 1. The molecule has 106 valence electrons. The molecule has 19 heavy (non-hydrogen) atoms. The van der Waals surface area contributed by atoms with Gasteiger partial charge >= 0.3 is 0 Å². The monoisotopic (exact) mass is 260 g/mol. The van der Waals surface area contributed by atoms with E-state index in [1.807, 2.05) is 0 Å². The molecule has 0 aliphatic carbocycles. The molecule has 0 aliphatic heterocycles. The summed E-state index contributed by atoms with van der Waals surface area (Å²) in [6.07, 6.45) is 5.74. The van der Waals surface area contributed by atoms with Gasteiger partial charge < -0.3 is 0 Å². The fraction of sp³-hybridized carbons (Fsp3) is 0.611. The van der Waals surface area contributed by atoms with Gasteiger partial charge in [0, 0.05) is 12.8 Å². The summed E-state index contributed by atoms with van der Waals surface area (Å²) in [5.74, 6) is 0.411. The maximum atomic E-state index is 11.7. The Morgan fingerprint density at radius 1 is 1.00 bits per heavy atom. The highest BCUT2D eigenvalue weighted by atomic mass is 16.1. The standard InChI is InChI=1S/C18H28O/c1-5-6-7-8-17(19)14-11-15-9-12-16(13-10-15)18(2,3)4/h9-10,12-13H,5-8,11,14H2,1-4H3. The Kier molecular flexibility index (Phi) is 6.27. The van der Waals surface area contributed by atoms with Crippen LogP contribution < -0.4 is 0 Å². The van der Waals surface area contributed by atoms with Gasteiger partial charge in [-0.15, -0.1) is 0 Å². The third-order valence-corrected chi connectivity index (χ3v) is 3.57. The molecule has 0 unspecified atom stereocenters. The van der Waals surface area contributed by atoms with E-state index in [4.69, 9.17) is 0 Å². The number of aryl methyl sites for hydroxylation is 1. The predicted octanol–water partition coefficient (Wildman–Crippen LogP) is 5.07. The Morgan fingerprint density at radius 2 is 1.63 bits per heavy atom. The first kappa shape index (κ1) is 15.9. The highest BCUT2D eigenvalue weighted by molar-refractivity contribution is 5.78. The van der Waals surface area contributed by atoms with Crippen LogP contribution in [-0.4, -0.2) is 5.78 Å². The highest BCUT2D eigenvalue weighted by Crippen LogP contribution is 2.22. The minimum absolute atomic E-state index is 0.203. The molecule has 0 N–H and O–H groups in total. The summed E-state index contributed by atoms with van der Waals surface area (Å²) in [4.78, 5) is 11.7. The molecule has 0 aromatic heterocycles. The molecule has 0 saturated heterocycles. The number of carbonyl (C=O) groups excluding carboxylic acids is 1. The number of benzene rings is 1. The molecule has 0 spiro atoms. The molecule has 0 bridgehead atoms. The zero-order valence-electron chi connectivity index (χ0n) is 13.0. The van der Waals surface area contributed by atoms with Gasteiger partial charge in [0.1, 0.15) is 5.78 Å². The first-order valence-corrected chi connectivity index (χ1v) is 7.54. The highest BCUT2D eigenvalue weighted by Gasteiger charge is 2.12. The summed E-state index contributed by atoms with van der Waals surface area (Å²) in [5.41, 5.74) is 2.83. The second-order valence-corrected chi connectivity index (χ2v) is 6.44. The molecule has 0 saturated carbocycles. The molecule has 1 rings (SSSR count). The van der Waals surface area contributed by atoms with Gasteiger partial charge in [0.05, 0.1) is 0 Å². The second-order valence-electron chi connectivity index (χ2n) is 6.44. The Bertz CT molecular complexity index is 381. The number of rotatable bonds is 7. The lowest BCUT2D eigenvalue weighted by atomic mass is 9.86. The Morgan fingerprint density at radius 3 is 2.16 bits per heavy atom. The number of carbonyl (C=O) groups is 1. The van der Waals surface area contributed by atoms with Crippen LogP contribution in [0.1, 0.15) is 70.9 Å². The van der Waals surface area contributed by atoms with Crippen LogP contribution in [0.5, 0.6) is 0 Å². The maximum Gasteiger partial charge on any atom is 0.133 e. The summed E-state index contributed by atoms with van der Waals surface area (Å²) >= 11 is 0. The predicted molar refractivity (Wildman–Crippen MR) is 82.6 cm³/mol. The fourth-order valence-electron chi connectivity index (χ4n) is 2.15. The number of ketones is 1. The molecule has 0 aliphatic rings. The summed E-state index contributed by atoms with van der Waals surface area (Å²) in [6, 6.07) is 8.72. The lowest BCUT2D eigenvalue weighted by Crippen LogP contribution is -2.10. The van der Waals surface area contributed by atoms with Crippen molar-refractivity contribution in [2.45, 2.75) is 71.6 Å². The molecule has 0 heterocycles. The van der Waals surface area contributed by atoms with Gasteiger partial charge in [0.15, 0.2) is 0 Å². The third kappa shape index (κ3) is 6.04. The number of unbranched alkanes of at least 4 members (excludes halogenated alkanes) is 2. The van der Waals surface area contributed by atoms with Gasteiger partial charge in [-0.2, -0.15) is 0 Å². The molecular formula is C18H28O. The maximum absolute atomic E-state index is 11.7. The molecule has 1 aromatic carbocycles.